The number of ether oxygens (including phenoxy) is 7. The standard InChI is InChI=1S/C20H29N3O9/c1-19(2)27-8-13(30-19)14-15(16-18(29-14)32-20(3,4)31-16)28-12-7-11(24)10(22-23-21)6-9(12)17(25)26-5/h6,10-16,18,24H,7-8H2,1-5H3/t10-,11-,12+,13+,14+,15-,16+,18+/m0/s1. The van der Waals surface area contributed by atoms with Crippen LogP contribution < -0.4 is 0 Å². The second kappa shape index (κ2) is 8.54. The molecule has 0 saturated carbocycles. The Labute approximate surface area is 185 Å². The molecular formula is C20H29N3O9. The summed E-state index contributed by atoms with van der Waals surface area (Å²) in [5.41, 5.74) is 8.91. The van der Waals surface area contributed by atoms with Crippen molar-refractivity contribution in [1.82, 2.24) is 0 Å². The molecule has 12 heteroatoms. The molecule has 3 aliphatic heterocycles. The maximum Gasteiger partial charge on any atom is 0.336 e. The largest absolute Gasteiger partial charge is 0.466 e. The van der Waals surface area contributed by atoms with E-state index in [0.29, 0.717) is 0 Å². The number of nitrogens with zero attached hydrogens (tertiary/aromatic N) is 3. The molecule has 0 radical (unpaired) electrons. The Morgan fingerprint density at radius 1 is 1.22 bits per heavy atom. The van der Waals surface area contributed by atoms with Gasteiger partial charge in [-0.3, -0.25) is 0 Å². The predicted molar refractivity (Wildman–Crippen MR) is 106 cm³/mol. The van der Waals surface area contributed by atoms with Crippen LogP contribution in [0.2, 0.25) is 0 Å². The zero-order valence-corrected chi connectivity index (χ0v) is 18.7. The highest BCUT2D eigenvalue weighted by Gasteiger charge is 2.59. The molecular weight excluding hydrogens is 426 g/mol. The van der Waals surface area contributed by atoms with Crippen LogP contribution >= 0.6 is 0 Å². The summed E-state index contributed by atoms with van der Waals surface area (Å²) in [7, 11) is 1.24. The molecule has 8 atom stereocenters. The number of hydrogen-bond acceptors (Lipinski definition) is 10. The fourth-order valence-corrected chi connectivity index (χ4v) is 4.53. The Bertz CT molecular complexity index is 825. The van der Waals surface area contributed by atoms with Crippen LogP contribution in [-0.4, -0.2) is 85.3 Å². The molecule has 178 valence electrons. The van der Waals surface area contributed by atoms with Crippen molar-refractivity contribution >= 4 is 5.97 Å². The number of azide groups is 1. The van der Waals surface area contributed by atoms with Crippen molar-refractivity contribution in [3.8, 4) is 0 Å². The number of hydrogen-bond donors (Lipinski definition) is 1. The van der Waals surface area contributed by atoms with E-state index in [1.807, 2.05) is 0 Å². The summed E-state index contributed by atoms with van der Waals surface area (Å²) in [5.74, 6) is -2.30. The zero-order valence-electron chi connectivity index (χ0n) is 18.7. The quantitative estimate of drug-likeness (QED) is 0.280. The Hall–Kier alpha value is -1.76. The molecule has 0 spiro atoms. The lowest BCUT2D eigenvalue weighted by Crippen LogP contribution is -2.48. The number of esters is 1. The van der Waals surface area contributed by atoms with Gasteiger partial charge in [0, 0.05) is 11.3 Å². The third kappa shape index (κ3) is 4.50. The summed E-state index contributed by atoms with van der Waals surface area (Å²) in [4.78, 5) is 15.2. The topological polar surface area (TPSA) is 151 Å². The van der Waals surface area contributed by atoms with Gasteiger partial charge in [-0.1, -0.05) is 11.2 Å². The minimum atomic E-state index is -1.04. The van der Waals surface area contributed by atoms with Crippen LogP contribution in [0.5, 0.6) is 0 Å². The second-order valence-electron chi connectivity index (χ2n) is 9.14. The van der Waals surface area contributed by atoms with Crippen LogP contribution in [0.15, 0.2) is 16.8 Å². The molecule has 1 N–H and O–H groups in total. The van der Waals surface area contributed by atoms with Crippen molar-refractivity contribution < 1.29 is 43.1 Å². The summed E-state index contributed by atoms with van der Waals surface area (Å²) in [6, 6.07) is -0.908. The molecule has 0 aromatic rings. The SMILES string of the molecule is COC(=O)C1=C[C@H](N=[N+]=[N-])[C@@H](O)C[C@H]1O[C@@H]1[C@H]2OC(C)(C)O[C@H]2O[C@@H]1[C@H]1COC(C)(C)O1. The van der Waals surface area contributed by atoms with Gasteiger partial charge in [0.2, 0.25) is 0 Å². The van der Waals surface area contributed by atoms with Crippen LogP contribution in [0.4, 0.5) is 0 Å². The highest BCUT2D eigenvalue weighted by atomic mass is 16.8. The van der Waals surface area contributed by atoms with Gasteiger partial charge in [-0.2, -0.15) is 0 Å². The van der Waals surface area contributed by atoms with Crippen LogP contribution in [0, 0.1) is 0 Å². The van der Waals surface area contributed by atoms with Gasteiger partial charge >= 0.3 is 5.97 Å². The Morgan fingerprint density at radius 3 is 2.59 bits per heavy atom. The smallest absolute Gasteiger partial charge is 0.336 e. The molecule has 3 heterocycles. The van der Waals surface area contributed by atoms with Gasteiger partial charge in [0.25, 0.3) is 0 Å². The fraction of sp³-hybridized carbons (Fsp3) is 0.850. The predicted octanol–water partition coefficient (Wildman–Crippen LogP) is 1.31. The van der Waals surface area contributed by atoms with E-state index in [1.54, 1.807) is 27.7 Å². The molecule has 1 aliphatic carbocycles. The van der Waals surface area contributed by atoms with Gasteiger partial charge in [-0.05, 0) is 33.2 Å². The van der Waals surface area contributed by atoms with E-state index >= 15 is 0 Å². The van der Waals surface area contributed by atoms with E-state index in [1.165, 1.54) is 13.2 Å². The third-order valence-electron chi connectivity index (χ3n) is 5.90. The van der Waals surface area contributed by atoms with E-state index in [-0.39, 0.29) is 18.6 Å². The number of aliphatic hydroxyl groups is 1. The molecule has 0 amide bonds. The first-order valence-electron chi connectivity index (χ1n) is 10.5. The van der Waals surface area contributed by atoms with Crippen molar-refractivity contribution in [2.24, 2.45) is 5.11 Å². The lowest BCUT2D eigenvalue weighted by atomic mass is 9.90. The zero-order chi connectivity index (χ0) is 23.3. The minimum Gasteiger partial charge on any atom is -0.466 e. The van der Waals surface area contributed by atoms with Crippen LogP contribution in [0.3, 0.4) is 0 Å². The number of carbonyl (C=O) groups excluding carboxylic acids is 1. The Kier molecular flexibility index (Phi) is 6.25. The highest BCUT2D eigenvalue weighted by Crippen LogP contribution is 2.43. The van der Waals surface area contributed by atoms with Gasteiger partial charge in [-0.25, -0.2) is 4.79 Å². The summed E-state index contributed by atoms with van der Waals surface area (Å²) >= 11 is 0. The van der Waals surface area contributed by atoms with E-state index in [0.717, 1.165) is 0 Å². The van der Waals surface area contributed by atoms with Crippen molar-refractivity contribution in [2.75, 3.05) is 13.7 Å². The summed E-state index contributed by atoms with van der Waals surface area (Å²) in [6.45, 7) is 7.44. The molecule has 4 aliphatic rings. The first-order chi connectivity index (χ1) is 15.0. The third-order valence-corrected chi connectivity index (χ3v) is 5.90. The van der Waals surface area contributed by atoms with Gasteiger partial charge in [0.1, 0.15) is 24.4 Å². The number of fused-ring (bicyclic) bond motifs is 1. The van der Waals surface area contributed by atoms with Crippen LogP contribution in [-0.2, 0) is 38.0 Å². The average molecular weight is 455 g/mol. The maximum absolute atomic E-state index is 12.4. The second-order valence-corrected chi connectivity index (χ2v) is 9.14. The molecule has 0 bridgehead atoms. The van der Waals surface area contributed by atoms with E-state index in [4.69, 9.17) is 38.7 Å². The monoisotopic (exact) mass is 455 g/mol. The normalized spacial score (nSPS) is 42.1. The van der Waals surface area contributed by atoms with Crippen molar-refractivity contribution in [3.05, 3.63) is 22.1 Å². The van der Waals surface area contributed by atoms with Crippen molar-refractivity contribution in [1.29, 1.82) is 0 Å². The summed E-state index contributed by atoms with van der Waals surface area (Å²) in [6.07, 6.45) is -3.52. The molecule has 0 aromatic carbocycles. The average Bonchev–Trinajstić information content (AvgIpc) is 3.33. The number of aliphatic hydroxyl groups excluding tert-OH is 1. The number of rotatable bonds is 5. The van der Waals surface area contributed by atoms with E-state index in [9.17, 15) is 9.90 Å². The van der Waals surface area contributed by atoms with Crippen molar-refractivity contribution in [2.45, 2.75) is 94.6 Å². The molecule has 4 rings (SSSR count). The first-order valence-corrected chi connectivity index (χ1v) is 10.5. The Balaban J connectivity index is 1.61. The van der Waals surface area contributed by atoms with Gasteiger partial charge < -0.3 is 38.3 Å². The van der Waals surface area contributed by atoms with Gasteiger partial charge in [0.05, 0.1) is 37.5 Å². The molecule has 3 saturated heterocycles. The Morgan fingerprint density at radius 2 is 1.97 bits per heavy atom. The lowest BCUT2D eigenvalue weighted by molar-refractivity contribution is -0.239. The number of methoxy groups -OCH3 is 1. The fourth-order valence-electron chi connectivity index (χ4n) is 4.53. The molecule has 0 unspecified atom stereocenters. The lowest BCUT2D eigenvalue weighted by Gasteiger charge is -2.35. The van der Waals surface area contributed by atoms with Crippen LogP contribution in [0.1, 0.15) is 34.1 Å². The molecule has 3 fully saturated rings. The van der Waals surface area contributed by atoms with E-state index in [2.05, 4.69) is 10.0 Å². The van der Waals surface area contributed by atoms with Gasteiger partial charge in [0.15, 0.2) is 17.9 Å². The molecule has 0 aromatic heterocycles. The molecule has 12 nitrogen and oxygen atoms in total. The minimum absolute atomic E-state index is 0.0169. The highest BCUT2D eigenvalue weighted by molar-refractivity contribution is 5.90. The van der Waals surface area contributed by atoms with Crippen molar-refractivity contribution in [3.63, 3.8) is 0 Å². The first kappa shape index (κ1) is 23.4. The molecule has 32 heavy (non-hydrogen) atoms. The van der Waals surface area contributed by atoms with E-state index < -0.39 is 66.5 Å². The maximum atomic E-state index is 12.4. The van der Waals surface area contributed by atoms with Gasteiger partial charge in [-0.15, -0.1) is 0 Å². The van der Waals surface area contributed by atoms with Crippen LogP contribution in [0.25, 0.3) is 10.4 Å². The number of carbonyl (C=O) groups is 1. The summed E-state index contributed by atoms with van der Waals surface area (Å²) < 4.78 is 40.9. The summed E-state index contributed by atoms with van der Waals surface area (Å²) in [5, 5.41) is 14.0.